The summed E-state index contributed by atoms with van der Waals surface area (Å²) in [6.45, 7) is 0. The first-order valence-corrected chi connectivity index (χ1v) is 7.61. The molecule has 0 aliphatic carbocycles. The molecule has 0 spiro atoms. The Balaban J connectivity index is 5.85. The van der Waals surface area contributed by atoms with Crippen LogP contribution < -0.4 is 0 Å². The summed E-state index contributed by atoms with van der Waals surface area (Å²) >= 11 is 61.0. The highest BCUT2D eigenvalue weighted by Gasteiger charge is 2.64. The van der Waals surface area contributed by atoms with Crippen LogP contribution in [-0.4, -0.2) is 26.8 Å². The second-order valence-electron chi connectivity index (χ2n) is 2.67. The van der Waals surface area contributed by atoms with E-state index in [2.05, 4.69) is 0 Å². The van der Waals surface area contributed by atoms with E-state index in [4.69, 9.17) is 128 Å². The lowest BCUT2D eigenvalue weighted by atomic mass is 10.5. The third-order valence-electron chi connectivity index (χ3n) is 1.42. The summed E-state index contributed by atoms with van der Waals surface area (Å²) in [4.78, 5) is 11.4. The number of alkyl halides is 10. The lowest BCUT2D eigenvalue weighted by Gasteiger charge is -2.45. The fraction of sp³-hybridized carbons (Fsp3) is 0.800. The first-order chi connectivity index (χ1) is 7.57. The molecule has 0 aromatic carbocycles. The molecule has 0 bridgehead atoms. The first kappa shape index (κ1) is 20.7. The van der Waals surface area contributed by atoms with Crippen molar-refractivity contribution < 1.29 is 4.79 Å². The number of carbonyl (C=O) groups excluding carboxylic acids is 1. The standard InChI is InChI=1S/C5Cl11NO/c6-1(18)17(4(13,14)2(7,8)9)5(15,16)3(10,11)12. The number of amides is 1. The van der Waals surface area contributed by atoms with E-state index in [-0.39, 0.29) is 4.90 Å². The van der Waals surface area contributed by atoms with Crippen molar-refractivity contribution >= 4 is 133 Å². The van der Waals surface area contributed by atoms with Gasteiger partial charge in [0, 0.05) is 0 Å². The van der Waals surface area contributed by atoms with Gasteiger partial charge in [-0.2, -0.15) is 0 Å². The predicted octanol–water partition coefficient (Wildman–Crippen LogP) is 6.65. The lowest BCUT2D eigenvalue weighted by Crippen LogP contribution is -2.61. The van der Waals surface area contributed by atoms with Crippen LogP contribution in [-0.2, 0) is 0 Å². The lowest BCUT2D eigenvalue weighted by molar-refractivity contribution is 0.190. The van der Waals surface area contributed by atoms with Crippen molar-refractivity contribution in [1.82, 2.24) is 4.90 Å². The van der Waals surface area contributed by atoms with Crippen molar-refractivity contribution in [1.29, 1.82) is 0 Å². The van der Waals surface area contributed by atoms with E-state index in [1.807, 2.05) is 0 Å². The largest absolute Gasteiger partial charge is 0.321 e. The van der Waals surface area contributed by atoms with Crippen LogP contribution in [0.5, 0.6) is 0 Å². The summed E-state index contributed by atoms with van der Waals surface area (Å²) < 4.78 is -10.1. The van der Waals surface area contributed by atoms with Crippen molar-refractivity contribution in [2.75, 3.05) is 0 Å². The molecule has 108 valence electrons. The molecule has 0 atom stereocenters. The third kappa shape index (κ3) is 4.33. The van der Waals surface area contributed by atoms with Gasteiger partial charge in [0.05, 0.1) is 0 Å². The van der Waals surface area contributed by atoms with E-state index < -0.39 is 21.9 Å². The quantitative estimate of drug-likeness (QED) is 0.246. The maximum atomic E-state index is 11.3. The SMILES string of the molecule is O=C(Cl)N(C(Cl)(Cl)C(Cl)(Cl)Cl)C(Cl)(Cl)C(Cl)(Cl)Cl. The molecule has 0 N–H and O–H groups in total. The van der Waals surface area contributed by atoms with Gasteiger partial charge in [-0.25, -0.2) is 0 Å². The van der Waals surface area contributed by atoms with E-state index in [0.717, 1.165) is 0 Å². The van der Waals surface area contributed by atoms with Gasteiger partial charge in [-0.05, 0) is 11.6 Å². The minimum Gasteiger partial charge on any atom is -0.257 e. The summed E-state index contributed by atoms with van der Waals surface area (Å²) in [5, 5.41) is -1.41. The van der Waals surface area contributed by atoms with Crippen molar-refractivity contribution in [2.45, 2.75) is 16.5 Å². The molecule has 0 radical (unpaired) electrons. The molecule has 0 heterocycles. The minimum absolute atomic E-state index is 0.105. The second-order valence-corrected chi connectivity index (χ2v) is 10.1. The molecule has 0 aliphatic rings. The predicted molar refractivity (Wildman–Crippen MR) is 82.5 cm³/mol. The summed E-state index contributed by atoms with van der Waals surface area (Å²) in [5.41, 5.74) is 0. The molecular formula is C5Cl11NO. The number of halogens is 11. The highest BCUT2D eigenvalue weighted by molar-refractivity contribution is 6.79. The molecule has 0 unspecified atom stereocenters. The van der Waals surface area contributed by atoms with Crippen molar-refractivity contribution in [2.24, 2.45) is 0 Å². The van der Waals surface area contributed by atoms with Crippen LogP contribution in [0, 0.1) is 0 Å². The molecule has 13 heteroatoms. The minimum atomic E-state index is -2.61. The summed E-state index contributed by atoms with van der Waals surface area (Å²) in [7, 11) is 0. The van der Waals surface area contributed by atoms with Crippen LogP contribution in [0.25, 0.3) is 0 Å². The Morgan fingerprint density at radius 3 is 1.00 bits per heavy atom. The van der Waals surface area contributed by atoms with Crippen molar-refractivity contribution in [3.05, 3.63) is 0 Å². The van der Waals surface area contributed by atoms with Gasteiger partial charge in [-0.15, -0.1) is 0 Å². The zero-order chi connectivity index (χ0) is 15.2. The summed E-state index contributed by atoms with van der Waals surface area (Å²) in [6.07, 6.45) is 0. The van der Waals surface area contributed by atoms with Gasteiger partial charge in [0.1, 0.15) is 0 Å². The molecule has 2 nitrogen and oxygen atoms in total. The number of nitrogens with zero attached hydrogens (tertiary/aromatic N) is 1. The Morgan fingerprint density at radius 2 is 0.889 bits per heavy atom. The molecule has 18 heavy (non-hydrogen) atoms. The van der Waals surface area contributed by atoms with Crippen LogP contribution >= 0.6 is 128 Å². The first-order valence-electron chi connectivity index (χ1n) is 3.45. The zero-order valence-corrected chi connectivity index (χ0v) is 15.8. The Morgan fingerprint density at radius 1 is 0.667 bits per heavy atom. The summed E-state index contributed by atoms with van der Waals surface area (Å²) in [5.74, 6) is 0. The third-order valence-corrected chi connectivity index (χ3v) is 6.20. The topological polar surface area (TPSA) is 20.3 Å². The summed E-state index contributed by atoms with van der Waals surface area (Å²) in [6, 6.07) is 0. The maximum absolute atomic E-state index is 11.3. The molecule has 0 rings (SSSR count). The van der Waals surface area contributed by atoms with Crippen molar-refractivity contribution in [3.63, 3.8) is 0 Å². The fourth-order valence-corrected chi connectivity index (χ4v) is 2.57. The molecule has 0 aromatic heterocycles. The number of carbonyl (C=O) groups is 1. The normalized spacial score (nSPS) is 14.6. The smallest absolute Gasteiger partial charge is 0.257 e. The Kier molecular flexibility index (Phi) is 7.37. The molecule has 0 aliphatic heterocycles. The average Bonchev–Trinajstić information content (AvgIpc) is 1.96. The van der Waals surface area contributed by atoms with Gasteiger partial charge in [0.2, 0.25) is 16.5 Å². The van der Waals surface area contributed by atoms with E-state index >= 15 is 0 Å². The Labute approximate surface area is 157 Å². The highest BCUT2D eigenvalue weighted by atomic mass is 35.6. The zero-order valence-electron chi connectivity index (χ0n) is 7.51. The maximum Gasteiger partial charge on any atom is 0.321 e. The van der Waals surface area contributed by atoms with E-state index in [9.17, 15) is 4.79 Å². The van der Waals surface area contributed by atoms with Crippen molar-refractivity contribution in [3.8, 4) is 0 Å². The Hall–Kier alpha value is 2.66. The average molecular weight is 480 g/mol. The van der Waals surface area contributed by atoms with E-state index in [0.29, 0.717) is 0 Å². The molecule has 0 fully saturated rings. The fourth-order valence-electron chi connectivity index (χ4n) is 0.651. The van der Waals surface area contributed by atoms with Gasteiger partial charge >= 0.3 is 5.37 Å². The number of rotatable bonds is 2. The van der Waals surface area contributed by atoms with Crippen LogP contribution in [0.4, 0.5) is 4.79 Å². The molecule has 0 aromatic rings. The van der Waals surface area contributed by atoms with Crippen LogP contribution in [0.1, 0.15) is 0 Å². The highest BCUT2D eigenvalue weighted by Crippen LogP contribution is 2.57. The molecule has 0 saturated heterocycles. The van der Waals surface area contributed by atoms with Gasteiger partial charge in [-0.3, -0.25) is 9.69 Å². The van der Waals surface area contributed by atoms with E-state index in [1.54, 1.807) is 0 Å². The van der Waals surface area contributed by atoms with Gasteiger partial charge in [-0.1, -0.05) is 116 Å². The molecule has 0 saturated carbocycles. The van der Waals surface area contributed by atoms with Gasteiger partial charge < -0.3 is 0 Å². The van der Waals surface area contributed by atoms with E-state index in [1.165, 1.54) is 0 Å². The number of hydrogen-bond acceptors (Lipinski definition) is 1. The van der Waals surface area contributed by atoms with Crippen LogP contribution in [0.15, 0.2) is 0 Å². The van der Waals surface area contributed by atoms with Gasteiger partial charge in [0.15, 0.2) is 0 Å². The number of hydrogen-bond donors (Lipinski definition) is 0. The van der Waals surface area contributed by atoms with Gasteiger partial charge in [0.25, 0.3) is 0 Å². The monoisotopic (exact) mass is 475 g/mol. The van der Waals surface area contributed by atoms with Crippen LogP contribution in [0.3, 0.4) is 0 Å². The second kappa shape index (κ2) is 6.42. The van der Waals surface area contributed by atoms with Crippen LogP contribution in [0.2, 0.25) is 0 Å². The molecular weight excluding hydrogens is 480 g/mol. The Bertz CT molecular complexity index is 301. The molecule has 1 amide bonds.